The molecule has 94 valence electrons. The van der Waals surface area contributed by atoms with E-state index in [0.29, 0.717) is 6.42 Å². The van der Waals surface area contributed by atoms with Crippen LogP contribution in [0.15, 0.2) is 12.1 Å². The number of benzene rings is 1. The summed E-state index contributed by atoms with van der Waals surface area (Å²) in [7, 11) is 0. The van der Waals surface area contributed by atoms with Gasteiger partial charge in [-0.25, -0.2) is 13.2 Å². The van der Waals surface area contributed by atoms with Gasteiger partial charge in [-0.15, -0.1) is 0 Å². The monoisotopic (exact) mass is 245 g/mol. The number of rotatable bonds is 4. The number of halogens is 3. The van der Waals surface area contributed by atoms with Gasteiger partial charge in [0.05, 0.1) is 11.6 Å². The van der Waals surface area contributed by atoms with Crippen LogP contribution in [0.3, 0.4) is 0 Å². The molecule has 1 rings (SSSR count). The Balaban J connectivity index is 3.09. The fraction of sp³-hybridized carbons (Fsp3) is 0.417. The highest BCUT2D eigenvalue weighted by Crippen LogP contribution is 2.18. The first-order chi connectivity index (χ1) is 7.90. The molecule has 2 nitrogen and oxygen atoms in total. The average molecular weight is 245 g/mol. The van der Waals surface area contributed by atoms with E-state index in [1.807, 2.05) is 6.92 Å². The Morgan fingerprint density at radius 1 is 1.29 bits per heavy atom. The van der Waals surface area contributed by atoms with Crippen LogP contribution in [0.4, 0.5) is 13.2 Å². The van der Waals surface area contributed by atoms with Crippen molar-refractivity contribution < 1.29 is 18.0 Å². The maximum atomic E-state index is 13.3. The number of carbonyl (C=O) groups is 1. The second kappa shape index (κ2) is 5.31. The van der Waals surface area contributed by atoms with Crippen molar-refractivity contribution in [2.45, 2.75) is 26.3 Å². The molecule has 2 unspecified atom stereocenters. The third kappa shape index (κ3) is 2.66. The van der Waals surface area contributed by atoms with E-state index in [9.17, 15) is 18.0 Å². The van der Waals surface area contributed by atoms with Gasteiger partial charge in [0.15, 0.2) is 23.2 Å². The molecule has 1 aromatic rings. The highest BCUT2D eigenvalue weighted by molar-refractivity contribution is 6.00. The summed E-state index contributed by atoms with van der Waals surface area (Å²) in [5.41, 5.74) is 5.12. The quantitative estimate of drug-likeness (QED) is 0.654. The number of Topliss-reactive ketones (excluding diaryl/α,β-unsaturated/α-hetero) is 1. The summed E-state index contributed by atoms with van der Waals surface area (Å²) >= 11 is 0. The van der Waals surface area contributed by atoms with Crippen LogP contribution in [0, 0.1) is 23.4 Å². The first kappa shape index (κ1) is 13.7. The highest BCUT2D eigenvalue weighted by atomic mass is 19.2. The summed E-state index contributed by atoms with van der Waals surface area (Å²) in [5, 5.41) is 0. The fourth-order valence-corrected chi connectivity index (χ4v) is 1.41. The molecule has 0 aliphatic rings. The maximum Gasteiger partial charge on any atom is 0.195 e. The molecule has 5 heteroatoms. The van der Waals surface area contributed by atoms with Gasteiger partial charge < -0.3 is 5.73 Å². The fourth-order valence-electron chi connectivity index (χ4n) is 1.41. The van der Waals surface area contributed by atoms with Gasteiger partial charge in [-0.2, -0.15) is 0 Å². The van der Waals surface area contributed by atoms with E-state index < -0.39 is 34.8 Å². The van der Waals surface area contributed by atoms with Crippen molar-refractivity contribution in [3.63, 3.8) is 0 Å². The van der Waals surface area contributed by atoms with Crippen LogP contribution in [0.5, 0.6) is 0 Å². The van der Waals surface area contributed by atoms with E-state index in [4.69, 9.17) is 5.73 Å². The summed E-state index contributed by atoms with van der Waals surface area (Å²) in [4.78, 5) is 11.8. The Labute approximate surface area is 97.6 Å². The third-order valence-electron chi connectivity index (χ3n) is 2.86. The van der Waals surface area contributed by atoms with Crippen LogP contribution >= 0.6 is 0 Å². The molecule has 0 spiro atoms. The Bertz CT molecular complexity index is 434. The molecule has 2 N–H and O–H groups in total. The van der Waals surface area contributed by atoms with E-state index in [-0.39, 0.29) is 5.92 Å². The SMILES string of the molecule is CCC(C)C(N)C(=O)c1ccc(F)c(F)c1F. The Morgan fingerprint density at radius 2 is 1.88 bits per heavy atom. The summed E-state index contributed by atoms with van der Waals surface area (Å²) < 4.78 is 39.0. The smallest absolute Gasteiger partial charge is 0.195 e. The molecular weight excluding hydrogens is 231 g/mol. The minimum absolute atomic E-state index is 0.157. The normalized spacial score (nSPS) is 14.5. The predicted octanol–water partition coefficient (Wildman–Crippen LogP) is 2.66. The zero-order valence-electron chi connectivity index (χ0n) is 9.64. The van der Waals surface area contributed by atoms with Crippen molar-refractivity contribution in [3.05, 3.63) is 35.1 Å². The van der Waals surface area contributed by atoms with Gasteiger partial charge in [-0.1, -0.05) is 20.3 Å². The zero-order valence-corrected chi connectivity index (χ0v) is 9.64. The molecule has 0 amide bonds. The number of hydrogen-bond donors (Lipinski definition) is 1. The van der Waals surface area contributed by atoms with Gasteiger partial charge in [-0.3, -0.25) is 4.79 Å². The molecule has 0 saturated heterocycles. The van der Waals surface area contributed by atoms with Crippen molar-refractivity contribution in [2.75, 3.05) is 0 Å². The first-order valence-electron chi connectivity index (χ1n) is 5.33. The maximum absolute atomic E-state index is 13.3. The lowest BCUT2D eigenvalue weighted by atomic mass is 9.92. The van der Waals surface area contributed by atoms with E-state index in [1.165, 1.54) is 0 Å². The molecule has 0 aliphatic heterocycles. The van der Waals surface area contributed by atoms with Crippen molar-refractivity contribution in [2.24, 2.45) is 11.7 Å². The number of carbonyl (C=O) groups excluding carboxylic acids is 1. The molecule has 0 aliphatic carbocycles. The second-order valence-electron chi connectivity index (χ2n) is 4.00. The summed E-state index contributed by atoms with van der Waals surface area (Å²) in [6.07, 6.45) is 0.637. The number of nitrogens with two attached hydrogens (primary N) is 1. The largest absolute Gasteiger partial charge is 0.321 e. The third-order valence-corrected chi connectivity index (χ3v) is 2.86. The van der Waals surface area contributed by atoms with E-state index in [1.54, 1.807) is 6.92 Å². The van der Waals surface area contributed by atoms with Gasteiger partial charge in [0.1, 0.15) is 0 Å². The van der Waals surface area contributed by atoms with E-state index in [2.05, 4.69) is 0 Å². The standard InChI is InChI=1S/C12H14F3NO/c1-3-6(2)11(16)12(17)7-4-5-8(13)10(15)9(7)14/h4-6,11H,3,16H2,1-2H3. The van der Waals surface area contributed by atoms with Crippen molar-refractivity contribution in [1.82, 2.24) is 0 Å². The van der Waals surface area contributed by atoms with Crippen LogP contribution in [0.1, 0.15) is 30.6 Å². The molecule has 0 bridgehead atoms. The lowest BCUT2D eigenvalue weighted by molar-refractivity contribution is 0.0929. The topological polar surface area (TPSA) is 43.1 Å². The van der Waals surface area contributed by atoms with Crippen LogP contribution < -0.4 is 5.73 Å². The van der Waals surface area contributed by atoms with Crippen molar-refractivity contribution in [3.8, 4) is 0 Å². The van der Waals surface area contributed by atoms with Crippen LogP contribution in [0.2, 0.25) is 0 Å². The number of hydrogen-bond acceptors (Lipinski definition) is 2. The minimum atomic E-state index is -1.65. The minimum Gasteiger partial charge on any atom is -0.321 e. The van der Waals surface area contributed by atoms with Crippen LogP contribution in [-0.4, -0.2) is 11.8 Å². The highest BCUT2D eigenvalue weighted by Gasteiger charge is 2.25. The van der Waals surface area contributed by atoms with E-state index >= 15 is 0 Å². The Kier molecular flexibility index (Phi) is 4.28. The summed E-state index contributed by atoms with van der Waals surface area (Å²) in [5.74, 6) is -5.32. The molecular formula is C12H14F3NO. The second-order valence-corrected chi connectivity index (χ2v) is 4.00. The lowest BCUT2D eigenvalue weighted by Gasteiger charge is -2.17. The molecule has 1 aromatic carbocycles. The van der Waals surface area contributed by atoms with Crippen LogP contribution in [-0.2, 0) is 0 Å². The van der Waals surface area contributed by atoms with Gasteiger partial charge >= 0.3 is 0 Å². The van der Waals surface area contributed by atoms with Crippen LogP contribution in [0.25, 0.3) is 0 Å². The molecule has 0 radical (unpaired) electrons. The number of ketones is 1. The molecule has 0 fully saturated rings. The molecule has 0 aromatic heterocycles. The zero-order chi connectivity index (χ0) is 13.2. The van der Waals surface area contributed by atoms with E-state index in [0.717, 1.165) is 12.1 Å². The van der Waals surface area contributed by atoms with Gasteiger partial charge in [0.2, 0.25) is 0 Å². The molecule has 2 atom stereocenters. The summed E-state index contributed by atoms with van der Waals surface area (Å²) in [6, 6.07) is 0.715. The van der Waals surface area contributed by atoms with Gasteiger partial charge in [0, 0.05) is 0 Å². The van der Waals surface area contributed by atoms with Gasteiger partial charge in [-0.05, 0) is 18.1 Å². The average Bonchev–Trinajstić information content (AvgIpc) is 2.33. The first-order valence-corrected chi connectivity index (χ1v) is 5.33. The summed E-state index contributed by atoms with van der Waals surface area (Å²) in [6.45, 7) is 3.57. The molecule has 17 heavy (non-hydrogen) atoms. The van der Waals surface area contributed by atoms with Gasteiger partial charge in [0.25, 0.3) is 0 Å². The van der Waals surface area contributed by atoms with Crippen molar-refractivity contribution in [1.29, 1.82) is 0 Å². The predicted molar refractivity (Wildman–Crippen MR) is 58.1 cm³/mol. The Hall–Kier alpha value is -1.36. The lowest BCUT2D eigenvalue weighted by Crippen LogP contribution is -2.37. The van der Waals surface area contributed by atoms with Crippen molar-refractivity contribution >= 4 is 5.78 Å². The molecule has 0 heterocycles. The Morgan fingerprint density at radius 3 is 2.41 bits per heavy atom. The molecule has 0 saturated carbocycles.